The van der Waals surface area contributed by atoms with E-state index >= 15 is 0 Å². The number of ether oxygens (including phenoxy) is 1. The summed E-state index contributed by atoms with van der Waals surface area (Å²) in [6.45, 7) is 3.12. The van der Waals surface area contributed by atoms with Crippen LogP contribution >= 0.6 is 0 Å². The Hall–Kier alpha value is -2.57. The summed E-state index contributed by atoms with van der Waals surface area (Å²) in [7, 11) is -3.64. The van der Waals surface area contributed by atoms with Crippen molar-refractivity contribution in [1.29, 1.82) is 0 Å². The molecule has 0 aliphatic carbocycles. The first-order valence-electron chi connectivity index (χ1n) is 8.57. The first kappa shape index (κ1) is 16.9. The van der Waals surface area contributed by atoms with Crippen molar-refractivity contribution in [1.82, 2.24) is 8.87 Å². The highest BCUT2D eigenvalue weighted by Crippen LogP contribution is 2.27. The van der Waals surface area contributed by atoms with Gasteiger partial charge in [-0.3, -0.25) is 0 Å². The maximum absolute atomic E-state index is 13.1. The van der Waals surface area contributed by atoms with Gasteiger partial charge in [0.25, 0.3) is 10.0 Å². The van der Waals surface area contributed by atoms with Crippen LogP contribution in [0.15, 0.2) is 71.9 Å². The number of fused-ring (bicyclic) bond motifs is 1. The molecule has 0 bridgehead atoms. The largest absolute Gasteiger partial charge is 0.378 e. The highest BCUT2D eigenvalue weighted by molar-refractivity contribution is 7.90. The Bertz CT molecular complexity index is 1030. The molecule has 3 aromatic rings. The van der Waals surface area contributed by atoms with Gasteiger partial charge in [0.15, 0.2) is 0 Å². The topological polar surface area (TPSA) is 51.5 Å². The van der Waals surface area contributed by atoms with E-state index in [2.05, 4.69) is 4.90 Å². The summed E-state index contributed by atoms with van der Waals surface area (Å²) in [5.41, 5.74) is 1.56. The van der Waals surface area contributed by atoms with E-state index < -0.39 is 10.0 Å². The van der Waals surface area contributed by atoms with Gasteiger partial charge in [0.05, 0.1) is 23.6 Å². The van der Waals surface area contributed by atoms with Crippen LogP contribution in [-0.4, -0.2) is 43.6 Å². The molecule has 0 radical (unpaired) electrons. The second-order valence-electron chi connectivity index (χ2n) is 6.18. The van der Waals surface area contributed by atoms with Crippen molar-refractivity contribution in [2.75, 3.05) is 26.3 Å². The maximum atomic E-state index is 13.1. The smallest absolute Gasteiger partial charge is 0.268 e. The Morgan fingerprint density at radius 2 is 1.62 bits per heavy atom. The lowest BCUT2D eigenvalue weighted by atomic mass is 10.2. The van der Waals surface area contributed by atoms with Crippen molar-refractivity contribution >= 4 is 27.0 Å². The summed E-state index contributed by atoms with van der Waals surface area (Å²) in [4.78, 5) is 2.46. The van der Waals surface area contributed by atoms with E-state index in [1.165, 1.54) is 3.97 Å². The van der Waals surface area contributed by atoms with Gasteiger partial charge in [-0.1, -0.05) is 36.4 Å². The Balaban J connectivity index is 1.78. The standard InChI is InChI=1S/C20H20N2O3S/c23-26(24,18-6-2-1-3-7-18)22-16-17(19-8-4-5-9-20(19)22)10-11-21-12-14-25-15-13-21/h1-11,16H,12-15H2/b11-10+. The molecule has 5 nitrogen and oxygen atoms in total. The molecule has 134 valence electrons. The molecule has 0 N–H and O–H groups in total. The van der Waals surface area contributed by atoms with Gasteiger partial charge in [-0.2, -0.15) is 0 Å². The number of rotatable bonds is 4. The molecule has 1 aliphatic heterocycles. The Kier molecular flexibility index (Phi) is 4.53. The summed E-state index contributed by atoms with van der Waals surface area (Å²) in [6, 6.07) is 16.1. The summed E-state index contributed by atoms with van der Waals surface area (Å²) in [5.74, 6) is 0. The molecule has 0 spiro atoms. The molecule has 0 saturated carbocycles. The van der Waals surface area contributed by atoms with Crippen LogP contribution in [0.4, 0.5) is 0 Å². The molecule has 0 unspecified atom stereocenters. The monoisotopic (exact) mass is 368 g/mol. The van der Waals surface area contributed by atoms with Gasteiger partial charge in [0.1, 0.15) is 0 Å². The minimum absolute atomic E-state index is 0.282. The number of morpholine rings is 1. The molecule has 26 heavy (non-hydrogen) atoms. The third-order valence-electron chi connectivity index (χ3n) is 4.52. The summed E-state index contributed by atoms with van der Waals surface area (Å²) < 4.78 is 32.9. The molecule has 2 aromatic carbocycles. The van der Waals surface area contributed by atoms with Crippen molar-refractivity contribution < 1.29 is 13.2 Å². The molecule has 2 heterocycles. The fourth-order valence-corrected chi connectivity index (χ4v) is 4.52. The van der Waals surface area contributed by atoms with Crippen molar-refractivity contribution in [3.05, 3.63) is 72.6 Å². The SMILES string of the molecule is O=S(=O)(c1ccccc1)n1cc(/C=C/N2CCOCC2)c2ccccc21. The average molecular weight is 368 g/mol. The number of aromatic nitrogens is 1. The molecular weight excluding hydrogens is 348 g/mol. The van der Waals surface area contributed by atoms with E-state index in [-0.39, 0.29) is 4.90 Å². The number of hydrogen-bond donors (Lipinski definition) is 0. The van der Waals surface area contributed by atoms with E-state index in [0.29, 0.717) is 18.7 Å². The van der Waals surface area contributed by atoms with E-state index in [1.54, 1.807) is 30.5 Å². The first-order chi connectivity index (χ1) is 12.7. The van der Waals surface area contributed by atoms with Crippen molar-refractivity contribution in [3.63, 3.8) is 0 Å². The molecule has 0 amide bonds. The second kappa shape index (κ2) is 6.97. The van der Waals surface area contributed by atoms with Gasteiger partial charge in [0.2, 0.25) is 0 Å². The van der Waals surface area contributed by atoms with Crippen LogP contribution in [0.2, 0.25) is 0 Å². The number of para-hydroxylation sites is 1. The molecule has 1 fully saturated rings. The molecular formula is C20H20N2O3S. The first-order valence-corrected chi connectivity index (χ1v) is 10.0. The fourth-order valence-electron chi connectivity index (χ4n) is 3.13. The van der Waals surface area contributed by atoms with Gasteiger partial charge in [0, 0.05) is 30.2 Å². The van der Waals surface area contributed by atoms with E-state index in [1.807, 2.05) is 42.6 Å². The number of benzene rings is 2. The minimum Gasteiger partial charge on any atom is -0.378 e. The van der Waals surface area contributed by atoms with Gasteiger partial charge < -0.3 is 9.64 Å². The molecule has 6 heteroatoms. The van der Waals surface area contributed by atoms with Crippen LogP contribution in [0.5, 0.6) is 0 Å². The predicted octanol–water partition coefficient (Wildman–Crippen LogP) is 3.18. The van der Waals surface area contributed by atoms with Crippen LogP contribution in [0.25, 0.3) is 17.0 Å². The normalized spacial score (nSPS) is 15.8. The lowest BCUT2D eigenvalue weighted by Gasteiger charge is -2.24. The van der Waals surface area contributed by atoms with E-state index in [0.717, 1.165) is 24.0 Å². The average Bonchev–Trinajstić information content (AvgIpc) is 3.07. The third-order valence-corrected chi connectivity index (χ3v) is 6.21. The van der Waals surface area contributed by atoms with Crippen LogP contribution in [0, 0.1) is 0 Å². The highest BCUT2D eigenvalue weighted by atomic mass is 32.2. The van der Waals surface area contributed by atoms with Gasteiger partial charge >= 0.3 is 0 Å². The molecule has 1 saturated heterocycles. The van der Waals surface area contributed by atoms with Gasteiger partial charge in [-0.25, -0.2) is 12.4 Å². The van der Waals surface area contributed by atoms with Gasteiger partial charge in [-0.05, 0) is 30.5 Å². The van der Waals surface area contributed by atoms with Crippen LogP contribution < -0.4 is 0 Å². The minimum atomic E-state index is -3.64. The lowest BCUT2D eigenvalue weighted by Crippen LogP contribution is -2.31. The van der Waals surface area contributed by atoms with Gasteiger partial charge in [-0.15, -0.1) is 0 Å². The summed E-state index contributed by atoms with van der Waals surface area (Å²) in [6.07, 6.45) is 5.69. The van der Waals surface area contributed by atoms with Crippen LogP contribution in [0.3, 0.4) is 0 Å². The summed E-state index contributed by atoms with van der Waals surface area (Å²) >= 11 is 0. The van der Waals surface area contributed by atoms with Crippen molar-refractivity contribution in [2.24, 2.45) is 0 Å². The Morgan fingerprint density at radius 1 is 0.923 bits per heavy atom. The zero-order chi connectivity index (χ0) is 18.0. The molecule has 1 aliphatic rings. The zero-order valence-electron chi connectivity index (χ0n) is 14.3. The quantitative estimate of drug-likeness (QED) is 0.710. The second-order valence-corrected chi connectivity index (χ2v) is 7.99. The maximum Gasteiger partial charge on any atom is 0.268 e. The van der Waals surface area contributed by atoms with Crippen molar-refractivity contribution in [2.45, 2.75) is 4.90 Å². The Labute approximate surface area is 153 Å². The van der Waals surface area contributed by atoms with Crippen LogP contribution in [0.1, 0.15) is 5.56 Å². The Morgan fingerprint density at radius 3 is 2.38 bits per heavy atom. The third kappa shape index (κ3) is 3.13. The molecule has 0 atom stereocenters. The molecule has 1 aromatic heterocycles. The van der Waals surface area contributed by atoms with E-state index in [9.17, 15) is 8.42 Å². The zero-order valence-corrected chi connectivity index (χ0v) is 15.1. The molecule has 4 rings (SSSR count). The summed E-state index contributed by atoms with van der Waals surface area (Å²) in [5, 5.41) is 0.913. The van der Waals surface area contributed by atoms with Crippen molar-refractivity contribution in [3.8, 4) is 0 Å². The number of nitrogens with zero attached hydrogens (tertiary/aromatic N) is 2. The fraction of sp³-hybridized carbons (Fsp3) is 0.200. The highest BCUT2D eigenvalue weighted by Gasteiger charge is 2.20. The lowest BCUT2D eigenvalue weighted by molar-refractivity contribution is 0.0598. The van der Waals surface area contributed by atoms with E-state index in [4.69, 9.17) is 4.74 Å². The predicted molar refractivity (Wildman–Crippen MR) is 102 cm³/mol. The number of hydrogen-bond acceptors (Lipinski definition) is 4. The van der Waals surface area contributed by atoms with Crippen LogP contribution in [-0.2, 0) is 14.8 Å².